The van der Waals surface area contributed by atoms with E-state index in [0.29, 0.717) is 6.42 Å². The maximum atomic E-state index is 12.6. The molecule has 2 rings (SSSR count). The Morgan fingerprint density at radius 3 is 1.68 bits per heavy atom. The van der Waals surface area contributed by atoms with E-state index in [1.54, 1.807) is 0 Å². The molecule has 4 atom stereocenters. The summed E-state index contributed by atoms with van der Waals surface area (Å²) in [6, 6.07) is 0. The first-order valence-corrected chi connectivity index (χ1v) is 5.99. The number of aliphatic hydroxyl groups is 2. The van der Waals surface area contributed by atoms with E-state index in [9.17, 15) is 31.4 Å². The lowest BCUT2D eigenvalue weighted by Gasteiger charge is -2.36. The smallest absolute Gasteiger partial charge is 0.393 e. The highest BCUT2D eigenvalue weighted by Gasteiger charge is 2.71. The SMILES string of the molecule is OC1CC2CC1CC2CC(O)(C(F)(F)F)C(F)(F)F. The summed E-state index contributed by atoms with van der Waals surface area (Å²) in [4.78, 5) is 0. The van der Waals surface area contributed by atoms with Gasteiger partial charge in [0.25, 0.3) is 5.60 Å². The molecule has 0 aromatic rings. The first-order chi connectivity index (χ1) is 8.46. The normalized spacial score (nSPS) is 36.0. The zero-order valence-electron chi connectivity index (χ0n) is 9.80. The van der Waals surface area contributed by atoms with Gasteiger partial charge in [-0.25, -0.2) is 0 Å². The molecule has 0 amide bonds. The van der Waals surface area contributed by atoms with Gasteiger partial charge < -0.3 is 10.2 Å². The van der Waals surface area contributed by atoms with Gasteiger partial charge in [-0.2, -0.15) is 26.3 Å². The fourth-order valence-electron chi connectivity index (χ4n) is 3.39. The fourth-order valence-corrected chi connectivity index (χ4v) is 3.39. The number of hydrogen-bond donors (Lipinski definition) is 2. The molecule has 4 unspecified atom stereocenters. The Morgan fingerprint density at radius 1 is 0.842 bits per heavy atom. The molecule has 0 aromatic carbocycles. The minimum atomic E-state index is -5.74. The van der Waals surface area contributed by atoms with Gasteiger partial charge in [0, 0.05) is 0 Å². The number of hydrogen-bond acceptors (Lipinski definition) is 2. The van der Waals surface area contributed by atoms with E-state index in [-0.39, 0.29) is 24.7 Å². The summed E-state index contributed by atoms with van der Waals surface area (Å²) in [5.41, 5.74) is -4.65. The maximum Gasteiger partial charge on any atom is 0.426 e. The van der Waals surface area contributed by atoms with Gasteiger partial charge in [-0.1, -0.05) is 0 Å². The number of alkyl halides is 6. The lowest BCUT2D eigenvalue weighted by Crippen LogP contribution is -2.58. The van der Waals surface area contributed by atoms with Crippen LogP contribution in [0.2, 0.25) is 0 Å². The molecule has 0 aliphatic heterocycles. The van der Waals surface area contributed by atoms with Crippen LogP contribution in [0.3, 0.4) is 0 Å². The average molecular weight is 292 g/mol. The van der Waals surface area contributed by atoms with Crippen molar-refractivity contribution in [3.8, 4) is 0 Å². The summed E-state index contributed by atoms with van der Waals surface area (Å²) in [5, 5.41) is 18.6. The van der Waals surface area contributed by atoms with E-state index in [4.69, 9.17) is 5.11 Å². The topological polar surface area (TPSA) is 40.5 Å². The molecule has 112 valence electrons. The minimum absolute atomic E-state index is 0.111. The molecule has 8 heteroatoms. The van der Waals surface area contributed by atoms with Crippen molar-refractivity contribution < 1.29 is 36.6 Å². The summed E-state index contributed by atoms with van der Waals surface area (Å²) >= 11 is 0. The Morgan fingerprint density at radius 2 is 1.37 bits per heavy atom. The standard InChI is InChI=1S/C11H14F6O2/c12-10(13,14)9(19,11(15,16)17)4-7-2-6-1-5(7)3-8(6)18/h5-8,18-19H,1-4H2. The van der Waals surface area contributed by atoms with Crippen molar-refractivity contribution >= 4 is 0 Å². The third-order valence-electron chi connectivity index (χ3n) is 4.46. The van der Waals surface area contributed by atoms with E-state index in [0.717, 1.165) is 0 Å². The Labute approximate surface area is 105 Å². The predicted molar refractivity (Wildman–Crippen MR) is 52.0 cm³/mol. The fraction of sp³-hybridized carbons (Fsp3) is 1.00. The third kappa shape index (κ3) is 2.33. The molecule has 0 radical (unpaired) electrons. The van der Waals surface area contributed by atoms with Gasteiger partial charge in [-0.05, 0) is 43.4 Å². The van der Waals surface area contributed by atoms with Gasteiger partial charge >= 0.3 is 12.4 Å². The maximum absolute atomic E-state index is 12.6. The Kier molecular flexibility index (Phi) is 3.33. The predicted octanol–water partition coefficient (Wildman–Crippen LogP) is 2.64. The summed E-state index contributed by atoms with van der Waals surface area (Å²) < 4.78 is 75.3. The molecule has 2 aliphatic rings. The second-order valence-corrected chi connectivity index (χ2v) is 5.61. The zero-order chi connectivity index (χ0) is 14.6. The molecule has 2 N–H and O–H groups in total. The van der Waals surface area contributed by atoms with Crippen LogP contribution in [0.25, 0.3) is 0 Å². The van der Waals surface area contributed by atoms with Crippen molar-refractivity contribution in [1.29, 1.82) is 0 Å². The van der Waals surface area contributed by atoms with Crippen LogP contribution in [0.4, 0.5) is 26.3 Å². The summed E-state index contributed by atoms with van der Waals surface area (Å²) in [6.45, 7) is 0. The van der Waals surface area contributed by atoms with Crippen LogP contribution in [0.5, 0.6) is 0 Å². The van der Waals surface area contributed by atoms with Gasteiger partial charge in [0.1, 0.15) is 0 Å². The van der Waals surface area contributed by atoms with Gasteiger partial charge in [-0.3, -0.25) is 0 Å². The van der Waals surface area contributed by atoms with Crippen LogP contribution in [0.1, 0.15) is 25.7 Å². The van der Waals surface area contributed by atoms with E-state index in [1.807, 2.05) is 0 Å². The summed E-state index contributed by atoms with van der Waals surface area (Å²) in [7, 11) is 0. The van der Waals surface area contributed by atoms with Crippen LogP contribution in [0, 0.1) is 17.8 Å². The van der Waals surface area contributed by atoms with Crippen molar-refractivity contribution in [3.05, 3.63) is 0 Å². The van der Waals surface area contributed by atoms with Crippen molar-refractivity contribution in [2.24, 2.45) is 17.8 Å². The average Bonchev–Trinajstić information content (AvgIpc) is 2.72. The molecule has 19 heavy (non-hydrogen) atoms. The monoisotopic (exact) mass is 292 g/mol. The minimum Gasteiger partial charge on any atom is -0.393 e. The van der Waals surface area contributed by atoms with Gasteiger partial charge in [0.2, 0.25) is 0 Å². The first-order valence-electron chi connectivity index (χ1n) is 5.99. The largest absolute Gasteiger partial charge is 0.426 e. The molecule has 2 fully saturated rings. The van der Waals surface area contributed by atoms with Crippen molar-refractivity contribution in [3.63, 3.8) is 0 Å². The molecule has 2 bridgehead atoms. The quantitative estimate of drug-likeness (QED) is 0.768. The van der Waals surface area contributed by atoms with Gasteiger partial charge in [0.05, 0.1) is 6.10 Å². The van der Waals surface area contributed by atoms with E-state index < -0.39 is 36.4 Å². The van der Waals surface area contributed by atoms with E-state index in [1.165, 1.54) is 0 Å². The van der Waals surface area contributed by atoms with Gasteiger partial charge in [0.15, 0.2) is 0 Å². The Hall–Kier alpha value is -0.500. The molecular formula is C11H14F6O2. The lowest BCUT2D eigenvalue weighted by atomic mass is 9.79. The number of fused-ring (bicyclic) bond motifs is 2. The Balaban J connectivity index is 2.16. The highest BCUT2D eigenvalue weighted by Crippen LogP contribution is 2.55. The highest BCUT2D eigenvalue weighted by molar-refractivity contribution is 5.02. The number of halogens is 6. The van der Waals surface area contributed by atoms with E-state index >= 15 is 0 Å². The number of aliphatic hydroxyl groups excluding tert-OH is 1. The van der Waals surface area contributed by atoms with E-state index in [2.05, 4.69) is 0 Å². The Bertz CT molecular complexity index is 334. The molecule has 0 heterocycles. The van der Waals surface area contributed by atoms with Gasteiger partial charge in [-0.15, -0.1) is 0 Å². The number of rotatable bonds is 2. The lowest BCUT2D eigenvalue weighted by molar-refractivity contribution is -0.373. The summed E-state index contributed by atoms with van der Waals surface area (Å²) in [6.07, 6.45) is -12.7. The second kappa shape index (κ2) is 4.25. The van der Waals surface area contributed by atoms with Crippen molar-refractivity contribution in [2.45, 2.75) is 49.7 Å². The van der Waals surface area contributed by atoms with Crippen LogP contribution in [0.15, 0.2) is 0 Å². The highest BCUT2D eigenvalue weighted by atomic mass is 19.4. The zero-order valence-corrected chi connectivity index (χ0v) is 9.80. The molecule has 2 nitrogen and oxygen atoms in total. The molecule has 0 saturated heterocycles. The summed E-state index contributed by atoms with van der Waals surface area (Å²) in [5.74, 6) is -1.45. The molecule has 2 saturated carbocycles. The molecule has 0 aromatic heterocycles. The van der Waals surface area contributed by atoms with Crippen molar-refractivity contribution in [2.75, 3.05) is 0 Å². The van der Waals surface area contributed by atoms with Crippen LogP contribution < -0.4 is 0 Å². The second-order valence-electron chi connectivity index (χ2n) is 5.61. The molecular weight excluding hydrogens is 278 g/mol. The van der Waals surface area contributed by atoms with Crippen LogP contribution in [-0.4, -0.2) is 34.3 Å². The molecule has 2 aliphatic carbocycles. The van der Waals surface area contributed by atoms with Crippen LogP contribution in [-0.2, 0) is 0 Å². The van der Waals surface area contributed by atoms with Crippen molar-refractivity contribution in [1.82, 2.24) is 0 Å². The molecule has 0 spiro atoms. The first kappa shape index (κ1) is 14.9. The third-order valence-corrected chi connectivity index (χ3v) is 4.46. The van der Waals surface area contributed by atoms with Crippen LogP contribution >= 0.6 is 0 Å².